The Morgan fingerprint density at radius 2 is 1.62 bits per heavy atom. The molecule has 0 fully saturated rings. The molecule has 2 rings (SSSR count). The van der Waals surface area contributed by atoms with Gasteiger partial charge in [0, 0.05) is 4.47 Å². The lowest BCUT2D eigenvalue weighted by Gasteiger charge is -2.17. The number of hydrogen-bond donors (Lipinski definition) is 0. The van der Waals surface area contributed by atoms with Crippen LogP contribution < -0.4 is 9.47 Å². The molecule has 0 amide bonds. The van der Waals surface area contributed by atoms with Gasteiger partial charge in [-0.3, -0.25) is 0 Å². The van der Waals surface area contributed by atoms with Gasteiger partial charge in [-0.15, -0.1) is 0 Å². The van der Waals surface area contributed by atoms with Crippen molar-refractivity contribution >= 4 is 47.8 Å². The molecule has 0 saturated carbocycles. The number of hydrogen-bond acceptors (Lipinski definition) is 2. The summed E-state index contributed by atoms with van der Waals surface area (Å²) in [6, 6.07) is 8.64. The van der Waals surface area contributed by atoms with Crippen molar-refractivity contribution in [2.45, 2.75) is 4.83 Å². The van der Waals surface area contributed by atoms with Crippen molar-refractivity contribution < 1.29 is 13.9 Å². The second-order valence-electron chi connectivity index (χ2n) is 4.23. The number of methoxy groups -OCH3 is 2. The second kappa shape index (κ2) is 7.11. The van der Waals surface area contributed by atoms with E-state index >= 15 is 0 Å². The van der Waals surface area contributed by atoms with E-state index in [0.717, 1.165) is 15.6 Å². The molecule has 0 N–H and O–H groups in total. The first-order chi connectivity index (χ1) is 9.99. The van der Waals surface area contributed by atoms with Crippen molar-refractivity contribution in [3.63, 3.8) is 0 Å². The van der Waals surface area contributed by atoms with E-state index in [0.29, 0.717) is 16.0 Å². The van der Waals surface area contributed by atoms with E-state index < -0.39 is 0 Å². The molecule has 0 spiro atoms. The molecule has 2 nitrogen and oxygen atoms in total. The SMILES string of the molecule is COc1cc(Br)c(C(Br)c2cccc(F)c2Br)cc1OC. The minimum absolute atomic E-state index is 0.197. The van der Waals surface area contributed by atoms with E-state index in [4.69, 9.17) is 9.47 Å². The molecule has 112 valence electrons. The van der Waals surface area contributed by atoms with E-state index in [2.05, 4.69) is 47.8 Å². The summed E-state index contributed by atoms with van der Waals surface area (Å²) in [4.78, 5) is -0.197. The number of rotatable bonds is 4. The lowest BCUT2D eigenvalue weighted by atomic mass is 10.0. The Labute approximate surface area is 148 Å². The Morgan fingerprint density at radius 3 is 2.24 bits per heavy atom. The quantitative estimate of drug-likeness (QED) is 0.509. The third-order valence-corrected chi connectivity index (χ3v) is 5.54. The Balaban J connectivity index is 2.53. The molecule has 0 saturated heterocycles. The van der Waals surface area contributed by atoms with Gasteiger partial charge < -0.3 is 9.47 Å². The van der Waals surface area contributed by atoms with Crippen LogP contribution in [0.3, 0.4) is 0 Å². The third-order valence-electron chi connectivity index (χ3n) is 3.03. The number of benzene rings is 2. The molecular weight excluding hydrogens is 471 g/mol. The van der Waals surface area contributed by atoms with Gasteiger partial charge in [0.25, 0.3) is 0 Å². The summed E-state index contributed by atoms with van der Waals surface area (Å²) in [6.45, 7) is 0. The normalized spacial score (nSPS) is 12.1. The van der Waals surface area contributed by atoms with Gasteiger partial charge in [0.05, 0.1) is 23.5 Å². The fourth-order valence-corrected chi connectivity index (χ4v) is 4.37. The van der Waals surface area contributed by atoms with Crippen LogP contribution in [0.5, 0.6) is 11.5 Å². The zero-order chi connectivity index (χ0) is 15.6. The van der Waals surface area contributed by atoms with Crippen LogP contribution in [0.4, 0.5) is 4.39 Å². The monoisotopic (exact) mass is 480 g/mol. The molecule has 0 aliphatic carbocycles. The standard InChI is InChI=1S/C15H12Br3FO2/c1-20-12-6-9(10(16)7-13(12)21-2)14(17)8-4-3-5-11(19)15(8)18/h3-7,14H,1-2H3. The van der Waals surface area contributed by atoms with Gasteiger partial charge in [0.2, 0.25) is 0 Å². The molecule has 0 bridgehead atoms. The van der Waals surface area contributed by atoms with Gasteiger partial charge in [0.15, 0.2) is 11.5 Å². The Kier molecular flexibility index (Phi) is 5.68. The minimum atomic E-state index is -0.298. The van der Waals surface area contributed by atoms with Crippen LogP contribution in [0, 0.1) is 5.82 Å². The molecule has 0 aromatic heterocycles. The van der Waals surface area contributed by atoms with Gasteiger partial charge in [-0.05, 0) is 45.3 Å². The zero-order valence-electron chi connectivity index (χ0n) is 11.3. The average Bonchev–Trinajstić information content (AvgIpc) is 2.49. The summed E-state index contributed by atoms with van der Waals surface area (Å²) >= 11 is 10.4. The molecule has 0 aliphatic rings. The molecule has 6 heteroatoms. The highest BCUT2D eigenvalue weighted by Crippen LogP contribution is 2.43. The summed E-state index contributed by atoms with van der Waals surface area (Å²) in [6.07, 6.45) is 0. The first kappa shape index (κ1) is 16.8. The molecule has 2 aromatic rings. The maximum absolute atomic E-state index is 13.7. The molecule has 2 aromatic carbocycles. The molecule has 1 unspecified atom stereocenters. The highest BCUT2D eigenvalue weighted by molar-refractivity contribution is 9.11. The Morgan fingerprint density at radius 1 is 1.00 bits per heavy atom. The maximum atomic E-state index is 13.7. The summed E-state index contributed by atoms with van der Waals surface area (Å²) < 4.78 is 25.6. The largest absolute Gasteiger partial charge is 0.493 e. The fraction of sp³-hybridized carbons (Fsp3) is 0.200. The van der Waals surface area contributed by atoms with Crippen molar-refractivity contribution in [2.75, 3.05) is 14.2 Å². The van der Waals surface area contributed by atoms with Gasteiger partial charge in [0.1, 0.15) is 5.82 Å². The lowest BCUT2D eigenvalue weighted by Crippen LogP contribution is -1.99. The van der Waals surface area contributed by atoms with E-state index in [1.807, 2.05) is 18.2 Å². The summed E-state index contributed by atoms with van der Waals surface area (Å²) in [5.74, 6) is 0.951. The molecule has 1 atom stereocenters. The van der Waals surface area contributed by atoms with Crippen LogP contribution in [-0.4, -0.2) is 14.2 Å². The van der Waals surface area contributed by atoms with E-state index in [9.17, 15) is 4.39 Å². The average molecular weight is 483 g/mol. The minimum Gasteiger partial charge on any atom is -0.493 e. The van der Waals surface area contributed by atoms with Gasteiger partial charge in [-0.1, -0.05) is 44.0 Å². The number of alkyl halides is 1. The summed E-state index contributed by atoms with van der Waals surface area (Å²) in [7, 11) is 3.16. The van der Waals surface area contributed by atoms with Crippen LogP contribution in [0.2, 0.25) is 0 Å². The number of halogens is 4. The van der Waals surface area contributed by atoms with Crippen LogP contribution in [0.1, 0.15) is 16.0 Å². The topological polar surface area (TPSA) is 18.5 Å². The van der Waals surface area contributed by atoms with E-state index in [1.165, 1.54) is 6.07 Å². The van der Waals surface area contributed by atoms with Crippen molar-refractivity contribution in [2.24, 2.45) is 0 Å². The summed E-state index contributed by atoms with van der Waals surface area (Å²) in [5, 5.41) is 0. The fourth-order valence-electron chi connectivity index (χ4n) is 1.95. The zero-order valence-corrected chi connectivity index (χ0v) is 16.1. The van der Waals surface area contributed by atoms with Gasteiger partial charge in [-0.2, -0.15) is 0 Å². The predicted octanol–water partition coefficient (Wildman–Crippen LogP) is 5.85. The van der Waals surface area contributed by atoms with Gasteiger partial charge in [-0.25, -0.2) is 4.39 Å². The van der Waals surface area contributed by atoms with E-state index in [-0.39, 0.29) is 10.6 Å². The predicted molar refractivity (Wildman–Crippen MR) is 92.1 cm³/mol. The number of ether oxygens (including phenoxy) is 2. The first-order valence-corrected chi connectivity index (χ1v) is 8.49. The van der Waals surface area contributed by atoms with Crippen molar-refractivity contribution in [1.29, 1.82) is 0 Å². The molecule has 0 radical (unpaired) electrons. The highest BCUT2D eigenvalue weighted by Gasteiger charge is 2.20. The lowest BCUT2D eigenvalue weighted by molar-refractivity contribution is 0.354. The maximum Gasteiger partial charge on any atom is 0.161 e. The molecule has 0 heterocycles. The third kappa shape index (κ3) is 3.43. The Hall–Kier alpha value is -0.590. The molecule has 21 heavy (non-hydrogen) atoms. The Bertz CT molecular complexity index is 662. The van der Waals surface area contributed by atoms with Crippen LogP contribution in [0.15, 0.2) is 39.3 Å². The highest BCUT2D eigenvalue weighted by atomic mass is 79.9. The van der Waals surface area contributed by atoms with Crippen LogP contribution >= 0.6 is 47.8 Å². The smallest absolute Gasteiger partial charge is 0.161 e. The second-order valence-corrected chi connectivity index (χ2v) is 6.80. The molecular formula is C15H12Br3FO2. The first-order valence-electron chi connectivity index (χ1n) is 5.99. The van der Waals surface area contributed by atoms with Crippen molar-refractivity contribution in [1.82, 2.24) is 0 Å². The van der Waals surface area contributed by atoms with Crippen molar-refractivity contribution in [3.8, 4) is 11.5 Å². The van der Waals surface area contributed by atoms with Crippen LogP contribution in [-0.2, 0) is 0 Å². The summed E-state index contributed by atoms with van der Waals surface area (Å²) in [5.41, 5.74) is 1.71. The van der Waals surface area contributed by atoms with E-state index in [1.54, 1.807) is 20.3 Å². The molecule has 0 aliphatic heterocycles. The van der Waals surface area contributed by atoms with Crippen LogP contribution in [0.25, 0.3) is 0 Å². The van der Waals surface area contributed by atoms with Gasteiger partial charge >= 0.3 is 0 Å². The van der Waals surface area contributed by atoms with Crippen molar-refractivity contribution in [3.05, 3.63) is 56.2 Å².